The largest absolute Gasteiger partial charge is 0.465 e. The molecule has 2 N–H and O–H groups in total. The summed E-state index contributed by atoms with van der Waals surface area (Å²) < 4.78 is 4.59. The van der Waals surface area contributed by atoms with Crippen LogP contribution in [0, 0.1) is 23.0 Å². The molecule has 0 saturated heterocycles. The van der Waals surface area contributed by atoms with Crippen molar-refractivity contribution < 1.29 is 24.0 Å². The number of non-ortho nitro benzene ring substituents is 1. The topological polar surface area (TPSA) is 128 Å². The SMILES string of the molecule is COC(=O)c1cc(C(=O)Nc2cc(NC(=O)C3CC3)ccc2C)cc([N+](=O)[O-])c1. The van der Waals surface area contributed by atoms with Crippen molar-refractivity contribution in [1.82, 2.24) is 0 Å². The van der Waals surface area contributed by atoms with Gasteiger partial charge in [-0.25, -0.2) is 4.79 Å². The molecule has 29 heavy (non-hydrogen) atoms. The molecule has 0 radical (unpaired) electrons. The molecular formula is C20H19N3O6. The van der Waals surface area contributed by atoms with Gasteiger partial charge in [-0.2, -0.15) is 0 Å². The van der Waals surface area contributed by atoms with Crippen LogP contribution in [0.25, 0.3) is 0 Å². The summed E-state index contributed by atoms with van der Waals surface area (Å²) in [6.45, 7) is 1.77. The number of esters is 1. The molecule has 9 nitrogen and oxygen atoms in total. The van der Waals surface area contributed by atoms with Crippen molar-refractivity contribution in [2.45, 2.75) is 19.8 Å². The fourth-order valence-electron chi connectivity index (χ4n) is 2.70. The second-order valence-corrected chi connectivity index (χ2v) is 6.76. The molecule has 1 saturated carbocycles. The van der Waals surface area contributed by atoms with Crippen molar-refractivity contribution in [3.8, 4) is 0 Å². The Labute approximate surface area is 166 Å². The highest BCUT2D eigenvalue weighted by molar-refractivity contribution is 6.07. The maximum Gasteiger partial charge on any atom is 0.338 e. The van der Waals surface area contributed by atoms with E-state index in [0.717, 1.165) is 37.6 Å². The van der Waals surface area contributed by atoms with E-state index in [1.54, 1.807) is 25.1 Å². The summed E-state index contributed by atoms with van der Waals surface area (Å²) in [5.41, 5.74) is 1.15. The number of nitrogens with one attached hydrogen (secondary N) is 2. The van der Waals surface area contributed by atoms with Crippen molar-refractivity contribution in [2.24, 2.45) is 5.92 Å². The van der Waals surface area contributed by atoms with Crippen molar-refractivity contribution in [3.05, 3.63) is 63.2 Å². The van der Waals surface area contributed by atoms with Crippen LogP contribution in [0.5, 0.6) is 0 Å². The van der Waals surface area contributed by atoms with Crippen LogP contribution in [-0.4, -0.2) is 29.8 Å². The second kappa shape index (κ2) is 8.09. The summed E-state index contributed by atoms with van der Waals surface area (Å²) in [5, 5.41) is 16.6. The quantitative estimate of drug-likeness (QED) is 0.437. The summed E-state index contributed by atoms with van der Waals surface area (Å²) in [4.78, 5) is 46.8. The number of anilines is 2. The number of nitro benzene ring substituents is 1. The molecule has 9 heteroatoms. The van der Waals surface area contributed by atoms with Crippen LogP contribution in [0.2, 0.25) is 0 Å². The Morgan fingerprint density at radius 2 is 1.76 bits per heavy atom. The molecule has 2 amide bonds. The van der Waals surface area contributed by atoms with Gasteiger partial charge in [-0.05, 0) is 43.5 Å². The number of hydrogen-bond donors (Lipinski definition) is 2. The van der Waals surface area contributed by atoms with E-state index in [0.29, 0.717) is 11.4 Å². The zero-order chi connectivity index (χ0) is 21.1. The van der Waals surface area contributed by atoms with E-state index < -0.39 is 22.5 Å². The molecule has 0 bridgehead atoms. The summed E-state index contributed by atoms with van der Waals surface area (Å²) in [6.07, 6.45) is 1.74. The lowest BCUT2D eigenvalue weighted by atomic mass is 10.1. The van der Waals surface area contributed by atoms with Crippen LogP contribution >= 0.6 is 0 Å². The van der Waals surface area contributed by atoms with Crippen molar-refractivity contribution in [2.75, 3.05) is 17.7 Å². The highest BCUT2D eigenvalue weighted by Crippen LogP contribution is 2.31. The smallest absolute Gasteiger partial charge is 0.338 e. The zero-order valence-electron chi connectivity index (χ0n) is 15.9. The lowest BCUT2D eigenvalue weighted by Crippen LogP contribution is -2.16. The van der Waals surface area contributed by atoms with E-state index in [9.17, 15) is 24.5 Å². The Morgan fingerprint density at radius 3 is 2.38 bits per heavy atom. The lowest BCUT2D eigenvalue weighted by Gasteiger charge is -2.12. The van der Waals surface area contributed by atoms with E-state index in [1.807, 2.05) is 0 Å². The van der Waals surface area contributed by atoms with Crippen LogP contribution in [0.4, 0.5) is 17.1 Å². The van der Waals surface area contributed by atoms with E-state index in [4.69, 9.17) is 0 Å². The molecule has 0 aromatic heterocycles. The summed E-state index contributed by atoms with van der Waals surface area (Å²) >= 11 is 0. The first-order valence-electron chi connectivity index (χ1n) is 8.89. The van der Waals surface area contributed by atoms with Crippen LogP contribution in [0.1, 0.15) is 39.1 Å². The third kappa shape index (κ3) is 4.75. The fourth-order valence-corrected chi connectivity index (χ4v) is 2.70. The third-order valence-corrected chi connectivity index (χ3v) is 4.51. The Kier molecular flexibility index (Phi) is 5.58. The summed E-state index contributed by atoms with van der Waals surface area (Å²) in [6, 6.07) is 8.44. The number of rotatable bonds is 6. The predicted molar refractivity (Wildman–Crippen MR) is 105 cm³/mol. The first-order valence-corrected chi connectivity index (χ1v) is 8.89. The van der Waals surface area contributed by atoms with Crippen molar-refractivity contribution >= 4 is 34.8 Å². The van der Waals surface area contributed by atoms with Crippen LogP contribution in [0.3, 0.4) is 0 Å². The molecule has 0 unspecified atom stereocenters. The second-order valence-electron chi connectivity index (χ2n) is 6.76. The summed E-state index contributed by atoms with van der Waals surface area (Å²) in [7, 11) is 1.14. The molecule has 150 valence electrons. The first-order chi connectivity index (χ1) is 13.8. The standard InChI is InChI=1S/C20H19N3O6/c1-11-3-6-15(21-18(24)12-4-5-12)10-17(11)22-19(25)13-7-14(20(26)29-2)9-16(8-13)23(27)28/h3,6-10,12H,4-5H2,1-2H3,(H,21,24)(H,22,25). The Balaban J connectivity index is 1.85. The fraction of sp³-hybridized carbons (Fsp3) is 0.250. The van der Waals surface area contributed by atoms with Gasteiger partial charge < -0.3 is 15.4 Å². The number of carbonyl (C=O) groups is 3. The molecular weight excluding hydrogens is 378 g/mol. The van der Waals surface area contributed by atoms with Gasteiger partial charge in [-0.3, -0.25) is 19.7 Å². The monoisotopic (exact) mass is 397 g/mol. The number of carbonyl (C=O) groups excluding carboxylic acids is 3. The predicted octanol–water partition coefficient (Wildman–Crippen LogP) is 3.29. The molecule has 2 aromatic rings. The van der Waals surface area contributed by atoms with Gasteiger partial charge in [0.05, 0.1) is 17.6 Å². The minimum absolute atomic E-state index is 0.0379. The average Bonchev–Trinajstić information content (AvgIpc) is 3.54. The van der Waals surface area contributed by atoms with Gasteiger partial charge in [0.1, 0.15) is 0 Å². The molecule has 3 rings (SSSR count). The minimum atomic E-state index is -0.788. The number of nitrogens with zero attached hydrogens (tertiary/aromatic N) is 1. The zero-order valence-corrected chi connectivity index (χ0v) is 15.9. The van der Waals surface area contributed by atoms with Gasteiger partial charge >= 0.3 is 5.97 Å². The highest BCUT2D eigenvalue weighted by Gasteiger charge is 2.29. The Hall–Kier alpha value is -3.75. The van der Waals surface area contributed by atoms with E-state index in [1.165, 1.54) is 6.07 Å². The van der Waals surface area contributed by atoms with E-state index >= 15 is 0 Å². The van der Waals surface area contributed by atoms with E-state index in [2.05, 4.69) is 15.4 Å². The molecule has 0 aliphatic heterocycles. The van der Waals surface area contributed by atoms with Crippen molar-refractivity contribution in [1.29, 1.82) is 0 Å². The molecule has 1 aliphatic carbocycles. The van der Waals surface area contributed by atoms with Crippen LogP contribution < -0.4 is 10.6 Å². The molecule has 0 atom stereocenters. The number of methoxy groups -OCH3 is 1. The van der Waals surface area contributed by atoms with Gasteiger partial charge in [-0.15, -0.1) is 0 Å². The average molecular weight is 397 g/mol. The van der Waals surface area contributed by atoms with Crippen molar-refractivity contribution in [3.63, 3.8) is 0 Å². The molecule has 0 heterocycles. The van der Waals surface area contributed by atoms with Crippen LogP contribution in [0.15, 0.2) is 36.4 Å². The minimum Gasteiger partial charge on any atom is -0.465 e. The number of benzene rings is 2. The number of aryl methyl sites for hydroxylation is 1. The molecule has 2 aromatic carbocycles. The van der Waals surface area contributed by atoms with Gasteiger partial charge in [0.15, 0.2) is 0 Å². The lowest BCUT2D eigenvalue weighted by molar-refractivity contribution is -0.384. The van der Waals surface area contributed by atoms with Gasteiger partial charge in [0.25, 0.3) is 11.6 Å². The maximum absolute atomic E-state index is 12.7. The number of amides is 2. The van der Waals surface area contributed by atoms with Crippen LogP contribution in [-0.2, 0) is 9.53 Å². The van der Waals surface area contributed by atoms with Gasteiger partial charge in [0.2, 0.25) is 5.91 Å². The maximum atomic E-state index is 12.7. The Morgan fingerprint density at radius 1 is 1.07 bits per heavy atom. The molecule has 0 spiro atoms. The third-order valence-electron chi connectivity index (χ3n) is 4.51. The number of nitro groups is 1. The van der Waals surface area contributed by atoms with Gasteiger partial charge in [0, 0.05) is 35.0 Å². The normalized spacial score (nSPS) is 12.8. The summed E-state index contributed by atoms with van der Waals surface area (Å²) in [5.74, 6) is -1.44. The number of hydrogen-bond acceptors (Lipinski definition) is 6. The highest BCUT2D eigenvalue weighted by atomic mass is 16.6. The van der Waals surface area contributed by atoms with E-state index in [-0.39, 0.29) is 23.0 Å². The Bertz CT molecular complexity index is 1010. The molecule has 1 fully saturated rings. The molecule has 1 aliphatic rings. The van der Waals surface area contributed by atoms with Gasteiger partial charge in [-0.1, -0.05) is 6.07 Å². The first kappa shape index (κ1) is 20.0. The number of ether oxygens (including phenoxy) is 1.